The molecule has 1 saturated carbocycles. The third-order valence-corrected chi connectivity index (χ3v) is 6.76. The van der Waals surface area contributed by atoms with Gasteiger partial charge in [-0.2, -0.15) is 0 Å². The molecule has 8 heteroatoms. The molecule has 1 saturated heterocycles. The predicted molar refractivity (Wildman–Crippen MR) is 99.8 cm³/mol. The number of esters is 2. The van der Waals surface area contributed by atoms with Gasteiger partial charge in [-0.1, -0.05) is 6.92 Å². The summed E-state index contributed by atoms with van der Waals surface area (Å²) in [5, 5.41) is 9.88. The first-order valence-electron chi connectivity index (χ1n) is 10.2. The third kappa shape index (κ3) is 2.88. The highest BCUT2D eigenvalue weighted by atomic mass is 16.7. The molecule has 2 fully saturated rings. The Balaban J connectivity index is 1.55. The average molecular weight is 403 g/mol. The maximum absolute atomic E-state index is 12.8. The molecular formula is C21H25NO7. The number of rotatable bonds is 3. The van der Waals surface area contributed by atoms with E-state index in [1.54, 1.807) is 13.0 Å². The van der Waals surface area contributed by atoms with E-state index in [-0.39, 0.29) is 25.2 Å². The van der Waals surface area contributed by atoms with E-state index in [0.717, 1.165) is 18.5 Å². The van der Waals surface area contributed by atoms with Crippen molar-refractivity contribution >= 4 is 11.9 Å². The van der Waals surface area contributed by atoms with Crippen molar-refractivity contribution in [3.63, 3.8) is 0 Å². The van der Waals surface area contributed by atoms with Crippen LogP contribution in [0.4, 0.5) is 0 Å². The summed E-state index contributed by atoms with van der Waals surface area (Å²) < 4.78 is 22.5. The van der Waals surface area contributed by atoms with Gasteiger partial charge in [0.15, 0.2) is 17.6 Å². The lowest BCUT2D eigenvalue weighted by molar-refractivity contribution is -0.172. The summed E-state index contributed by atoms with van der Waals surface area (Å²) in [6.45, 7) is 2.78. The number of carbonyl (C=O) groups excluding carboxylic acids is 2. The summed E-state index contributed by atoms with van der Waals surface area (Å²) in [5.74, 6) is 0.229. The smallest absolute Gasteiger partial charge is 0.338 e. The molecule has 0 spiro atoms. The molecule has 6 atom stereocenters. The second kappa shape index (κ2) is 6.88. The van der Waals surface area contributed by atoms with Crippen molar-refractivity contribution in [1.29, 1.82) is 0 Å². The maximum Gasteiger partial charge on any atom is 0.338 e. The van der Waals surface area contributed by atoms with Gasteiger partial charge >= 0.3 is 11.9 Å². The second-order valence-electron chi connectivity index (χ2n) is 8.34. The minimum atomic E-state index is -1.17. The van der Waals surface area contributed by atoms with Crippen LogP contribution >= 0.6 is 0 Å². The number of ether oxygens (including phenoxy) is 4. The first-order valence-corrected chi connectivity index (χ1v) is 10.2. The zero-order valence-electron chi connectivity index (χ0n) is 16.5. The van der Waals surface area contributed by atoms with Gasteiger partial charge in [0.25, 0.3) is 0 Å². The highest BCUT2D eigenvalue weighted by Gasteiger charge is 2.55. The van der Waals surface area contributed by atoms with Crippen LogP contribution in [0.5, 0.6) is 11.5 Å². The zero-order chi connectivity index (χ0) is 20.3. The van der Waals surface area contributed by atoms with Crippen LogP contribution < -0.4 is 9.47 Å². The number of aliphatic hydroxyl groups is 1. The number of likely N-dealkylation sites (N-methyl/N-ethyl adjacent to an activating group) is 1. The first kappa shape index (κ1) is 18.7. The van der Waals surface area contributed by atoms with Crippen molar-refractivity contribution in [2.24, 2.45) is 5.92 Å². The lowest BCUT2D eigenvalue weighted by Crippen LogP contribution is -2.56. The molecule has 0 radical (unpaired) electrons. The Bertz CT molecular complexity index is 856. The number of likely N-dealkylation sites (tertiary alicyclic amines) is 1. The number of hydrogen-bond acceptors (Lipinski definition) is 8. The lowest BCUT2D eigenvalue weighted by Gasteiger charge is -2.48. The van der Waals surface area contributed by atoms with Gasteiger partial charge < -0.3 is 29.0 Å². The minimum absolute atomic E-state index is 0.127. The molecule has 6 unspecified atom stereocenters. The minimum Gasteiger partial charge on any atom is -0.456 e. The van der Waals surface area contributed by atoms with Crippen LogP contribution in [0, 0.1) is 5.92 Å². The van der Waals surface area contributed by atoms with Crippen molar-refractivity contribution < 1.29 is 33.6 Å². The van der Waals surface area contributed by atoms with Crippen LogP contribution in [0.1, 0.15) is 48.0 Å². The van der Waals surface area contributed by atoms with Gasteiger partial charge in [-0.3, -0.25) is 0 Å². The molecule has 0 bridgehead atoms. The largest absolute Gasteiger partial charge is 0.456 e. The van der Waals surface area contributed by atoms with Gasteiger partial charge in [-0.25, -0.2) is 9.59 Å². The molecule has 5 rings (SSSR count). The Morgan fingerprint density at radius 2 is 2.10 bits per heavy atom. The predicted octanol–water partition coefficient (Wildman–Crippen LogP) is 1.44. The van der Waals surface area contributed by atoms with E-state index in [4.69, 9.17) is 18.9 Å². The van der Waals surface area contributed by atoms with Crippen molar-refractivity contribution in [3.05, 3.63) is 23.3 Å². The molecule has 29 heavy (non-hydrogen) atoms. The molecule has 0 aromatic heterocycles. The topological polar surface area (TPSA) is 94.5 Å². The SMILES string of the molecule is CCC(O)C(=O)OC1CC2CCN(C)C2C2c3cc4c(cc3C(=O)OC12)OCO4. The van der Waals surface area contributed by atoms with Crippen molar-refractivity contribution in [3.8, 4) is 11.5 Å². The van der Waals surface area contributed by atoms with Gasteiger partial charge in [-0.05, 0) is 56.5 Å². The Morgan fingerprint density at radius 1 is 1.34 bits per heavy atom. The van der Waals surface area contributed by atoms with E-state index in [2.05, 4.69) is 11.9 Å². The number of carbonyl (C=O) groups is 2. The summed E-state index contributed by atoms with van der Waals surface area (Å²) in [6, 6.07) is 3.75. The Labute approximate surface area is 168 Å². The van der Waals surface area contributed by atoms with Gasteiger partial charge in [0.05, 0.1) is 5.56 Å². The molecule has 0 amide bonds. The summed E-state index contributed by atoms with van der Waals surface area (Å²) in [5.41, 5.74) is 1.34. The Morgan fingerprint density at radius 3 is 2.86 bits per heavy atom. The van der Waals surface area contributed by atoms with Gasteiger partial charge in [0, 0.05) is 12.0 Å². The molecule has 3 heterocycles. The Hall–Kier alpha value is -2.32. The highest BCUT2D eigenvalue weighted by Crippen LogP contribution is 2.51. The highest BCUT2D eigenvalue weighted by molar-refractivity contribution is 5.94. The molecule has 8 nitrogen and oxygen atoms in total. The molecule has 1 aromatic carbocycles. The van der Waals surface area contributed by atoms with Gasteiger partial charge in [0.2, 0.25) is 6.79 Å². The van der Waals surface area contributed by atoms with E-state index in [0.29, 0.717) is 29.4 Å². The average Bonchev–Trinajstić information content (AvgIpc) is 3.32. The second-order valence-corrected chi connectivity index (χ2v) is 8.34. The van der Waals surface area contributed by atoms with E-state index < -0.39 is 30.3 Å². The van der Waals surface area contributed by atoms with Crippen molar-refractivity contribution in [2.45, 2.75) is 56.5 Å². The number of aliphatic hydroxyl groups excluding tert-OH is 1. The van der Waals surface area contributed by atoms with E-state index in [9.17, 15) is 14.7 Å². The van der Waals surface area contributed by atoms with Crippen LogP contribution in [0.25, 0.3) is 0 Å². The zero-order valence-corrected chi connectivity index (χ0v) is 16.5. The lowest BCUT2D eigenvalue weighted by atomic mass is 9.69. The number of benzene rings is 1. The molecule has 1 aliphatic carbocycles. The molecule has 3 aliphatic heterocycles. The summed E-state index contributed by atoms with van der Waals surface area (Å²) in [4.78, 5) is 27.4. The normalized spacial score (nSPS) is 33.3. The number of hydrogen-bond donors (Lipinski definition) is 1. The van der Waals surface area contributed by atoms with Crippen molar-refractivity contribution in [1.82, 2.24) is 4.90 Å². The van der Waals surface area contributed by atoms with E-state index in [1.165, 1.54) is 0 Å². The summed E-state index contributed by atoms with van der Waals surface area (Å²) in [6.07, 6.45) is -0.457. The Kier molecular flexibility index (Phi) is 4.43. The fraction of sp³-hybridized carbons (Fsp3) is 0.619. The van der Waals surface area contributed by atoms with Crippen LogP contribution in [0.15, 0.2) is 12.1 Å². The monoisotopic (exact) mass is 403 g/mol. The van der Waals surface area contributed by atoms with Crippen LogP contribution in [0.2, 0.25) is 0 Å². The molecular weight excluding hydrogens is 378 g/mol. The van der Waals surface area contributed by atoms with Crippen LogP contribution in [0.3, 0.4) is 0 Å². The fourth-order valence-corrected chi connectivity index (χ4v) is 5.35. The fourth-order valence-electron chi connectivity index (χ4n) is 5.35. The quantitative estimate of drug-likeness (QED) is 0.758. The van der Waals surface area contributed by atoms with Gasteiger partial charge in [0.1, 0.15) is 12.2 Å². The summed E-state index contributed by atoms with van der Waals surface area (Å²) in [7, 11) is 2.08. The van der Waals surface area contributed by atoms with E-state index >= 15 is 0 Å². The van der Waals surface area contributed by atoms with Crippen molar-refractivity contribution in [2.75, 3.05) is 20.4 Å². The molecule has 1 aromatic rings. The molecule has 4 aliphatic rings. The number of nitrogens with zero attached hydrogens (tertiary/aromatic N) is 1. The van der Waals surface area contributed by atoms with Crippen LogP contribution in [-0.4, -0.2) is 66.7 Å². The number of fused-ring (bicyclic) bond motifs is 6. The molecule has 156 valence electrons. The standard InChI is InChI=1S/C21H25NO7/c1-3-13(23)21(25)28-16-6-10-4-5-22(2)18(10)17-11-7-14-15(27-9-26-14)8-12(11)20(24)29-19(16)17/h7-8,10,13,16-19,23H,3-6,9H2,1-2H3. The van der Waals surface area contributed by atoms with E-state index in [1.807, 2.05) is 6.07 Å². The summed E-state index contributed by atoms with van der Waals surface area (Å²) >= 11 is 0. The maximum atomic E-state index is 12.8. The van der Waals surface area contributed by atoms with Gasteiger partial charge in [-0.15, -0.1) is 0 Å². The molecule has 1 N–H and O–H groups in total. The first-order chi connectivity index (χ1) is 14.0. The van der Waals surface area contributed by atoms with Crippen LogP contribution in [-0.2, 0) is 14.3 Å². The third-order valence-electron chi connectivity index (χ3n) is 6.76.